The smallest absolute Gasteiger partial charge is 0.326 e. The van der Waals surface area contributed by atoms with Crippen molar-refractivity contribution in [2.75, 3.05) is 19.6 Å². The number of hydrogen-bond donors (Lipinski definition) is 2. The molecule has 1 fully saturated rings. The number of imide groups is 1. The van der Waals surface area contributed by atoms with Crippen molar-refractivity contribution < 1.29 is 23.9 Å². The lowest BCUT2D eigenvalue weighted by molar-refractivity contribution is -0.157. The van der Waals surface area contributed by atoms with Gasteiger partial charge < -0.3 is 15.4 Å². The van der Waals surface area contributed by atoms with Crippen LogP contribution in [-0.4, -0.2) is 54.5 Å². The Labute approximate surface area is 139 Å². The Hall–Kier alpha value is -2.90. The maximum Gasteiger partial charge on any atom is 0.326 e. The fraction of sp³-hybridized carbons (Fsp3) is 0.375. The zero-order valence-electron chi connectivity index (χ0n) is 13.3. The quantitative estimate of drug-likeness (QED) is 0.703. The molecule has 128 valence electrons. The predicted octanol–water partition coefficient (Wildman–Crippen LogP) is -0.171. The van der Waals surface area contributed by atoms with Gasteiger partial charge in [-0.1, -0.05) is 30.3 Å². The molecule has 0 aliphatic carbocycles. The SMILES string of the molecule is CC(OC(=O)CNC(=O)Cc1ccccc1)C(=O)N1CCNC1=O. The maximum absolute atomic E-state index is 12.0. The fourth-order valence-corrected chi connectivity index (χ4v) is 2.21. The Balaban J connectivity index is 1.73. The highest BCUT2D eigenvalue weighted by Crippen LogP contribution is 2.04. The van der Waals surface area contributed by atoms with Crippen LogP contribution in [0.15, 0.2) is 30.3 Å². The molecular formula is C16H19N3O5. The van der Waals surface area contributed by atoms with Gasteiger partial charge in [-0.2, -0.15) is 0 Å². The molecule has 1 aromatic carbocycles. The first-order valence-electron chi connectivity index (χ1n) is 7.56. The molecule has 0 radical (unpaired) electrons. The second-order valence-electron chi connectivity index (χ2n) is 5.29. The fourth-order valence-electron chi connectivity index (χ4n) is 2.21. The van der Waals surface area contributed by atoms with Crippen LogP contribution < -0.4 is 10.6 Å². The summed E-state index contributed by atoms with van der Waals surface area (Å²) in [7, 11) is 0. The Morgan fingerprint density at radius 1 is 1.29 bits per heavy atom. The molecule has 24 heavy (non-hydrogen) atoms. The van der Waals surface area contributed by atoms with Crippen molar-refractivity contribution in [3.63, 3.8) is 0 Å². The van der Waals surface area contributed by atoms with Crippen LogP contribution in [0.25, 0.3) is 0 Å². The minimum absolute atomic E-state index is 0.149. The molecular weight excluding hydrogens is 314 g/mol. The van der Waals surface area contributed by atoms with E-state index in [-0.39, 0.29) is 25.4 Å². The van der Waals surface area contributed by atoms with E-state index in [0.29, 0.717) is 6.54 Å². The Bertz CT molecular complexity index is 632. The molecule has 2 N–H and O–H groups in total. The van der Waals surface area contributed by atoms with Crippen LogP contribution in [0.5, 0.6) is 0 Å². The van der Waals surface area contributed by atoms with Crippen molar-refractivity contribution in [2.24, 2.45) is 0 Å². The Morgan fingerprint density at radius 3 is 2.62 bits per heavy atom. The second-order valence-corrected chi connectivity index (χ2v) is 5.29. The third-order valence-corrected chi connectivity index (χ3v) is 3.42. The van der Waals surface area contributed by atoms with Gasteiger partial charge in [-0.05, 0) is 12.5 Å². The number of carbonyl (C=O) groups excluding carboxylic acids is 4. The van der Waals surface area contributed by atoms with Gasteiger partial charge in [-0.3, -0.25) is 19.3 Å². The molecule has 1 saturated heterocycles. The van der Waals surface area contributed by atoms with Crippen LogP contribution in [0.4, 0.5) is 4.79 Å². The normalized spacial score (nSPS) is 14.7. The number of urea groups is 1. The summed E-state index contributed by atoms with van der Waals surface area (Å²) in [6.45, 7) is 1.67. The van der Waals surface area contributed by atoms with Gasteiger partial charge in [-0.25, -0.2) is 4.79 Å². The Kier molecular flexibility index (Phi) is 5.89. The zero-order valence-corrected chi connectivity index (χ0v) is 13.3. The monoisotopic (exact) mass is 333 g/mol. The van der Waals surface area contributed by atoms with Gasteiger partial charge >= 0.3 is 12.0 Å². The predicted molar refractivity (Wildman–Crippen MR) is 83.8 cm³/mol. The van der Waals surface area contributed by atoms with E-state index < -0.39 is 24.0 Å². The number of rotatable bonds is 6. The number of nitrogens with one attached hydrogen (secondary N) is 2. The number of amides is 4. The minimum Gasteiger partial charge on any atom is -0.451 e. The van der Waals surface area contributed by atoms with Crippen molar-refractivity contribution in [1.29, 1.82) is 0 Å². The summed E-state index contributed by atoms with van der Waals surface area (Å²) in [6, 6.07) is 8.59. The van der Waals surface area contributed by atoms with Crippen LogP contribution in [0, 0.1) is 0 Å². The van der Waals surface area contributed by atoms with Crippen molar-refractivity contribution in [2.45, 2.75) is 19.4 Å². The summed E-state index contributed by atoms with van der Waals surface area (Å²) in [5.41, 5.74) is 0.826. The number of benzene rings is 1. The van der Waals surface area contributed by atoms with Gasteiger partial charge in [0.15, 0.2) is 6.10 Å². The van der Waals surface area contributed by atoms with Crippen LogP contribution in [0.3, 0.4) is 0 Å². The van der Waals surface area contributed by atoms with Crippen molar-refractivity contribution in [3.05, 3.63) is 35.9 Å². The lowest BCUT2D eigenvalue weighted by Crippen LogP contribution is -2.43. The summed E-state index contributed by atoms with van der Waals surface area (Å²) in [4.78, 5) is 47.8. The summed E-state index contributed by atoms with van der Waals surface area (Å²) < 4.78 is 4.95. The molecule has 0 spiro atoms. The lowest BCUT2D eigenvalue weighted by Gasteiger charge is -2.18. The average Bonchev–Trinajstić information content (AvgIpc) is 2.99. The van der Waals surface area contributed by atoms with Gasteiger partial charge in [0.25, 0.3) is 5.91 Å². The van der Waals surface area contributed by atoms with Crippen LogP contribution in [-0.2, 0) is 25.5 Å². The first kappa shape index (κ1) is 17.5. The first-order valence-corrected chi connectivity index (χ1v) is 7.56. The number of nitrogens with zero attached hydrogens (tertiary/aromatic N) is 1. The van der Waals surface area contributed by atoms with Crippen LogP contribution in [0.2, 0.25) is 0 Å². The van der Waals surface area contributed by atoms with E-state index in [4.69, 9.17) is 4.74 Å². The zero-order chi connectivity index (χ0) is 17.5. The van der Waals surface area contributed by atoms with E-state index in [0.717, 1.165) is 10.5 Å². The molecule has 1 aliphatic heterocycles. The summed E-state index contributed by atoms with van der Waals surface area (Å²) in [6.07, 6.45) is -0.941. The molecule has 0 aromatic heterocycles. The lowest BCUT2D eigenvalue weighted by atomic mass is 10.1. The van der Waals surface area contributed by atoms with Crippen LogP contribution >= 0.6 is 0 Å². The first-order chi connectivity index (χ1) is 11.5. The van der Waals surface area contributed by atoms with Crippen molar-refractivity contribution in [3.8, 4) is 0 Å². The molecule has 8 nitrogen and oxygen atoms in total. The molecule has 4 amide bonds. The molecule has 0 bridgehead atoms. The van der Waals surface area contributed by atoms with Gasteiger partial charge in [0.2, 0.25) is 5.91 Å². The number of esters is 1. The Morgan fingerprint density at radius 2 is 2.00 bits per heavy atom. The van der Waals surface area contributed by atoms with Crippen molar-refractivity contribution in [1.82, 2.24) is 15.5 Å². The van der Waals surface area contributed by atoms with Gasteiger partial charge in [0.05, 0.1) is 6.42 Å². The molecule has 0 saturated carbocycles. The number of hydrogen-bond acceptors (Lipinski definition) is 5. The van der Waals surface area contributed by atoms with Gasteiger partial charge in [0.1, 0.15) is 6.54 Å². The third kappa shape index (κ3) is 4.80. The molecule has 1 atom stereocenters. The molecule has 1 aliphatic rings. The highest BCUT2D eigenvalue weighted by molar-refractivity contribution is 5.98. The standard InChI is InChI=1S/C16H19N3O5/c1-11(15(22)19-8-7-17-16(19)23)24-14(21)10-18-13(20)9-12-5-3-2-4-6-12/h2-6,11H,7-10H2,1H3,(H,17,23)(H,18,20). The summed E-state index contributed by atoms with van der Waals surface area (Å²) >= 11 is 0. The highest BCUT2D eigenvalue weighted by Gasteiger charge is 2.31. The minimum atomic E-state index is -1.09. The molecule has 1 aromatic rings. The van der Waals surface area contributed by atoms with Crippen LogP contribution in [0.1, 0.15) is 12.5 Å². The molecule has 8 heteroatoms. The van der Waals surface area contributed by atoms with Gasteiger partial charge in [-0.15, -0.1) is 0 Å². The topological polar surface area (TPSA) is 105 Å². The summed E-state index contributed by atoms with van der Waals surface area (Å²) in [5.74, 6) is -1.65. The van der Waals surface area contributed by atoms with E-state index in [2.05, 4.69) is 10.6 Å². The van der Waals surface area contributed by atoms with E-state index in [1.54, 1.807) is 12.1 Å². The van der Waals surface area contributed by atoms with E-state index >= 15 is 0 Å². The van der Waals surface area contributed by atoms with Crippen molar-refractivity contribution >= 4 is 23.8 Å². The van der Waals surface area contributed by atoms with E-state index in [1.165, 1.54) is 6.92 Å². The number of ether oxygens (including phenoxy) is 1. The number of carbonyl (C=O) groups is 4. The average molecular weight is 333 g/mol. The third-order valence-electron chi connectivity index (χ3n) is 3.42. The summed E-state index contributed by atoms with van der Waals surface area (Å²) in [5, 5.41) is 4.93. The molecule has 1 unspecified atom stereocenters. The van der Waals surface area contributed by atoms with E-state index in [1.807, 2.05) is 18.2 Å². The second kappa shape index (κ2) is 8.09. The molecule has 2 rings (SSSR count). The van der Waals surface area contributed by atoms with Gasteiger partial charge in [0, 0.05) is 13.1 Å². The van der Waals surface area contributed by atoms with E-state index in [9.17, 15) is 19.2 Å². The highest BCUT2D eigenvalue weighted by atomic mass is 16.5. The largest absolute Gasteiger partial charge is 0.451 e. The maximum atomic E-state index is 12.0. The molecule has 1 heterocycles.